The summed E-state index contributed by atoms with van der Waals surface area (Å²) in [6, 6.07) is 3.39. The first kappa shape index (κ1) is 13.4. The van der Waals surface area contributed by atoms with E-state index in [2.05, 4.69) is 17.0 Å². The highest BCUT2D eigenvalue weighted by Crippen LogP contribution is 2.18. The lowest BCUT2D eigenvalue weighted by Gasteiger charge is -2.14. The molecule has 5 heteroatoms. The molecular formula is C14H15F2N3. The highest BCUT2D eigenvalue weighted by atomic mass is 19.1. The second kappa shape index (κ2) is 5.75. The quantitative estimate of drug-likeness (QED) is 0.898. The molecular weight excluding hydrogens is 248 g/mol. The van der Waals surface area contributed by atoms with Gasteiger partial charge in [0.25, 0.3) is 0 Å². The second-order valence-corrected chi connectivity index (χ2v) is 4.28. The summed E-state index contributed by atoms with van der Waals surface area (Å²) < 4.78 is 28.0. The van der Waals surface area contributed by atoms with Gasteiger partial charge in [-0.3, -0.25) is 0 Å². The topological polar surface area (TPSA) is 29.9 Å². The molecule has 0 aliphatic carbocycles. The van der Waals surface area contributed by atoms with Gasteiger partial charge < -0.3 is 5.32 Å². The van der Waals surface area contributed by atoms with Crippen LogP contribution in [0.5, 0.6) is 0 Å². The van der Waals surface area contributed by atoms with E-state index in [1.807, 2.05) is 13.1 Å². The first-order valence-electron chi connectivity index (χ1n) is 5.94. The molecule has 3 nitrogen and oxygen atoms in total. The number of hydrogen-bond donors (Lipinski definition) is 1. The van der Waals surface area contributed by atoms with Crippen LogP contribution >= 0.6 is 0 Å². The minimum atomic E-state index is -0.569. The fourth-order valence-corrected chi connectivity index (χ4v) is 1.80. The van der Waals surface area contributed by atoms with Gasteiger partial charge in [0.05, 0.1) is 6.20 Å². The normalized spacial score (nSPS) is 12.4. The van der Waals surface area contributed by atoms with Crippen LogP contribution in [0.4, 0.5) is 8.78 Å². The van der Waals surface area contributed by atoms with E-state index >= 15 is 0 Å². The average molecular weight is 263 g/mol. The summed E-state index contributed by atoms with van der Waals surface area (Å²) >= 11 is 0. The molecule has 0 fully saturated rings. The smallest absolute Gasteiger partial charge is 0.130 e. The Kier molecular flexibility index (Phi) is 4.06. The molecule has 0 radical (unpaired) electrons. The molecule has 100 valence electrons. The van der Waals surface area contributed by atoms with Crippen molar-refractivity contribution < 1.29 is 8.78 Å². The molecule has 1 aromatic heterocycles. The summed E-state index contributed by atoms with van der Waals surface area (Å²) in [5.74, 6) is -1.11. The van der Waals surface area contributed by atoms with E-state index in [0.29, 0.717) is 12.1 Å². The largest absolute Gasteiger partial charge is 0.306 e. The number of halogens is 2. The lowest BCUT2D eigenvalue weighted by atomic mass is 10.1. The lowest BCUT2D eigenvalue weighted by molar-refractivity contribution is 0.518. The van der Waals surface area contributed by atoms with Crippen molar-refractivity contribution >= 4 is 6.20 Å². The predicted octanol–water partition coefficient (Wildman–Crippen LogP) is 3.11. The minimum absolute atomic E-state index is 0.215. The number of benzene rings is 1. The van der Waals surface area contributed by atoms with Crippen molar-refractivity contribution in [1.82, 2.24) is 15.1 Å². The number of hydrogen-bond acceptors (Lipinski definition) is 2. The molecule has 1 heterocycles. The number of aromatic nitrogens is 2. The monoisotopic (exact) mass is 263 g/mol. The SMILES string of the molecule is C=Cn1cc(CNC(C)c2ccc(F)cc2F)cn1. The third kappa shape index (κ3) is 3.26. The van der Waals surface area contributed by atoms with E-state index in [1.165, 1.54) is 12.1 Å². The lowest BCUT2D eigenvalue weighted by Crippen LogP contribution is -2.19. The van der Waals surface area contributed by atoms with Crippen LogP contribution in [0.3, 0.4) is 0 Å². The minimum Gasteiger partial charge on any atom is -0.306 e. The Morgan fingerprint density at radius 2 is 2.26 bits per heavy atom. The van der Waals surface area contributed by atoms with Gasteiger partial charge in [0.2, 0.25) is 0 Å². The summed E-state index contributed by atoms with van der Waals surface area (Å²) in [6.45, 7) is 5.98. The van der Waals surface area contributed by atoms with Crippen LogP contribution in [0.2, 0.25) is 0 Å². The first-order valence-corrected chi connectivity index (χ1v) is 5.94. The Morgan fingerprint density at radius 3 is 2.89 bits per heavy atom. The number of rotatable bonds is 5. The van der Waals surface area contributed by atoms with Crippen molar-refractivity contribution in [3.8, 4) is 0 Å². The number of nitrogens with one attached hydrogen (secondary N) is 1. The molecule has 0 saturated heterocycles. The predicted molar refractivity (Wildman–Crippen MR) is 70.2 cm³/mol. The van der Waals surface area contributed by atoms with Gasteiger partial charge in [-0.1, -0.05) is 12.6 Å². The van der Waals surface area contributed by atoms with E-state index < -0.39 is 11.6 Å². The highest BCUT2D eigenvalue weighted by molar-refractivity contribution is 5.22. The average Bonchev–Trinajstić information content (AvgIpc) is 2.84. The van der Waals surface area contributed by atoms with Gasteiger partial charge in [0.15, 0.2) is 0 Å². The van der Waals surface area contributed by atoms with E-state index in [0.717, 1.165) is 11.6 Å². The van der Waals surface area contributed by atoms with Gasteiger partial charge in [-0.05, 0) is 13.0 Å². The molecule has 0 aliphatic heterocycles. The van der Waals surface area contributed by atoms with Gasteiger partial charge >= 0.3 is 0 Å². The highest BCUT2D eigenvalue weighted by Gasteiger charge is 2.11. The van der Waals surface area contributed by atoms with Gasteiger partial charge in [-0.25, -0.2) is 13.5 Å². The molecule has 0 aliphatic rings. The molecule has 1 unspecified atom stereocenters. The van der Waals surface area contributed by atoms with Gasteiger partial charge in [0, 0.05) is 42.2 Å². The molecule has 0 spiro atoms. The Hall–Kier alpha value is -2.01. The molecule has 19 heavy (non-hydrogen) atoms. The molecule has 1 aromatic carbocycles. The third-order valence-corrected chi connectivity index (χ3v) is 2.88. The summed E-state index contributed by atoms with van der Waals surface area (Å²) in [5.41, 5.74) is 1.41. The Labute approximate surface area is 110 Å². The molecule has 0 saturated carbocycles. The van der Waals surface area contributed by atoms with Crippen LogP contribution in [-0.4, -0.2) is 9.78 Å². The van der Waals surface area contributed by atoms with Crippen LogP contribution in [0, 0.1) is 11.6 Å². The molecule has 2 rings (SSSR count). The summed E-state index contributed by atoms with van der Waals surface area (Å²) in [6.07, 6.45) is 5.13. The van der Waals surface area contributed by atoms with Gasteiger partial charge in [0.1, 0.15) is 11.6 Å². The first-order chi connectivity index (χ1) is 9.10. The Bertz CT molecular complexity index is 578. The van der Waals surface area contributed by atoms with Crippen molar-refractivity contribution in [3.05, 3.63) is 59.9 Å². The molecule has 1 atom stereocenters. The van der Waals surface area contributed by atoms with E-state index in [4.69, 9.17) is 0 Å². The van der Waals surface area contributed by atoms with Crippen LogP contribution in [0.15, 0.2) is 37.2 Å². The van der Waals surface area contributed by atoms with Crippen LogP contribution < -0.4 is 5.32 Å². The van der Waals surface area contributed by atoms with Gasteiger partial charge in [-0.15, -0.1) is 0 Å². The summed E-state index contributed by atoms with van der Waals surface area (Å²) in [4.78, 5) is 0. The zero-order valence-corrected chi connectivity index (χ0v) is 10.6. The van der Waals surface area contributed by atoms with Crippen molar-refractivity contribution in [2.75, 3.05) is 0 Å². The molecule has 0 bridgehead atoms. The van der Waals surface area contributed by atoms with Gasteiger partial charge in [-0.2, -0.15) is 5.10 Å². The van der Waals surface area contributed by atoms with E-state index in [9.17, 15) is 8.78 Å². The Balaban J connectivity index is 2.00. The van der Waals surface area contributed by atoms with E-state index in [1.54, 1.807) is 17.1 Å². The van der Waals surface area contributed by atoms with Crippen molar-refractivity contribution in [1.29, 1.82) is 0 Å². The molecule has 0 amide bonds. The fraction of sp³-hybridized carbons (Fsp3) is 0.214. The second-order valence-electron chi connectivity index (χ2n) is 4.28. The zero-order valence-electron chi connectivity index (χ0n) is 10.6. The summed E-state index contributed by atoms with van der Waals surface area (Å²) in [7, 11) is 0. The van der Waals surface area contributed by atoms with Crippen molar-refractivity contribution in [2.24, 2.45) is 0 Å². The van der Waals surface area contributed by atoms with Crippen molar-refractivity contribution in [2.45, 2.75) is 19.5 Å². The summed E-state index contributed by atoms with van der Waals surface area (Å²) in [5, 5.41) is 7.21. The molecule has 1 N–H and O–H groups in total. The number of nitrogens with zero attached hydrogens (tertiary/aromatic N) is 2. The fourth-order valence-electron chi connectivity index (χ4n) is 1.80. The standard InChI is InChI=1S/C14H15F2N3/c1-3-19-9-11(8-18-19)7-17-10(2)13-5-4-12(15)6-14(13)16/h3-6,8-10,17H,1,7H2,2H3. The maximum absolute atomic E-state index is 13.6. The third-order valence-electron chi connectivity index (χ3n) is 2.88. The molecule has 2 aromatic rings. The van der Waals surface area contributed by atoms with Crippen LogP contribution in [0.25, 0.3) is 6.20 Å². The van der Waals surface area contributed by atoms with E-state index in [-0.39, 0.29) is 6.04 Å². The maximum Gasteiger partial charge on any atom is 0.130 e. The maximum atomic E-state index is 13.6. The van der Waals surface area contributed by atoms with Crippen LogP contribution in [-0.2, 0) is 6.54 Å². The van der Waals surface area contributed by atoms with Crippen molar-refractivity contribution in [3.63, 3.8) is 0 Å². The zero-order chi connectivity index (χ0) is 13.8. The van der Waals surface area contributed by atoms with Crippen LogP contribution in [0.1, 0.15) is 24.1 Å². The Morgan fingerprint density at radius 1 is 1.47 bits per heavy atom.